The third-order valence-electron chi connectivity index (χ3n) is 6.12. The van der Waals surface area contributed by atoms with Crippen molar-refractivity contribution in [3.05, 3.63) is 57.4 Å². The number of phenols is 1. The Labute approximate surface area is 226 Å². The molecule has 0 radical (unpaired) electrons. The minimum absolute atomic E-state index is 0.0233. The van der Waals surface area contributed by atoms with Crippen molar-refractivity contribution < 1.29 is 33.3 Å². The molecule has 2 aromatic carbocycles. The number of aryl methyl sites for hydroxylation is 1. The second-order valence-corrected chi connectivity index (χ2v) is 10.3. The number of halogens is 2. The Bertz CT molecular complexity index is 1290. The molecule has 2 heterocycles. The van der Waals surface area contributed by atoms with Crippen LogP contribution in [0.1, 0.15) is 35.5 Å². The van der Waals surface area contributed by atoms with Gasteiger partial charge in [-0.15, -0.1) is 11.8 Å². The Balaban J connectivity index is 1.87. The van der Waals surface area contributed by atoms with E-state index in [-0.39, 0.29) is 23.7 Å². The van der Waals surface area contributed by atoms with Crippen molar-refractivity contribution in [2.45, 2.75) is 37.6 Å². The number of carbonyl (C=O) groups excluding carboxylic acids is 2. The zero-order chi connectivity index (χ0) is 26.5. The van der Waals surface area contributed by atoms with Crippen LogP contribution in [0, 0.1) is 5.82 Å². The van der Waals surface area contributed by atoms with Crippen LogP contribution in [-0.4, -0.2) is 59.6 Å². The standard InChI is InChI=1S/C26H28BrFN2O6S/c1-3-30-20-13-19(27)24(31)18(14-29-9-11-34-12-10-29)22(20)23(25(32)36-26(33)35-4-2)21(30)15-37-17-7-5-16(28)6-8-17/h5-8,13,31H,3-4,9-12,14-15H2,1-2H3. The zero-order valence-corrected chi connectivity index (χ0v) is 23.0. The van der Waals surface area contributed by atoms with Gasteiger partial charge in [0.25, 0.3) is 0 Å². The van der Waals surface area contributed by atoms with Gasteiger partial charge in [0.05, 0.1) is 35.4 Å². The summed E-state index contributed by atoms with van der Waals surface area (Å²) in [5, 5.41) is 11.6. The molecular weight excluding hydrogens is 567 g/mol. The number of ether oxygens (including phenoxy) is 3. The van der Waals surface area contributed by atoms with Crippen molar-refractivity contribution in [2.75, 3.05) is 32.9 Å². The minimum atomic E-state index is -1.09. The molecule has 0 spiro atoms. The summed E-state index contributed by atoms with van der Waals surface area (Å²) >= 11 is 4.90. The van der Waals surface area contributed by atoms with Crippen LogP contribution in [0.5, 0.6) is 5.75 Å². The van der Waals surface area contributed by atoms with Crippen LogP contribution in [0.3, 0.4) is 0 Å². The molecule has 1 aliphatic heterocycles. The summed E-state index contributed by atoms with van der Waals surface area (Å²) in [6, 6.07) is 7.86. The number of thioether (sulfide) groups is 1. The highest BCUT2D eigenvalue weighted by molar-refractivity contribution is 9.10. The molecule has 8 nitrogen and oxygen atoms in total. The number of phenolic OH excluding ortho intramolecular Hbond substituents is 1. The fourth-order valence-corrected chi connectivity index (χ4v) is 5.81. The number of hydrogen-bond acceptors (Lipinski definition) is 8. The summed E-state index contributed by atoms with van der Waals surface area (Å²) in [4.78, 5) is 28.5. The van der Waals surface area contributed by atoms with E-state index in [9.17, 15) is 19.1 Å². The number of hydrogen-bond donors (Lipinski definition) is 1. The fourth-order valence-electron chi connectivity index (χ4n) is 4.42. The number of aromatic nitrogens is 1. The molecule has 3 aromatic rings. The number of nitrogens with zero attached hydrogens (tertiary/aromatic N) is 2. The molecule has 0 bridgehead atoms. The van der Waals surface area contributed by atoms with E-state index < -0.39 is 12.1 Å². The first-order valence-electron chi connectivity index (χ1n) is 12.0. The smallest absolute Gasteiger partial charge is 0.506 e. The van der Waals surface area contributed by atoms with Crippen molar-refractivity contribution in [3.63, 3.8) is 0 Å². The molecule has 198 valence electrons. The summed E-state index contributed by atoms with van der Waals surface area (Å²) in [5.41, 5.74) is 2.11. The van der Waals surface area contributed by atoms with E-state index in [0.29, 0.717) is 66.3 Å². The Morgan fingerprint density at radius 2 is 1.89 bits per heavy atom. The van der Waals surface area contributed by atoms with Gasteiger partial charge in [0, 0.05) is 53.5 Å². The van der Waals surface area contributed by atoms with E-state index in [1.165, 1.54) is 23.9 Å². The molecule has 1 fully saturated rings. The van der Waals surface area contributed by atoms with E-state index in [4.69, 9.17) is 14.2 Å². The van der Waals surface area contributed by atoms with Crippen molar-refractivity contribution >= 4 is 50.7 Å². The van der Waals surface area contributed by atoms with Crippen LogP contribution in [-0.2, 0) is 33.1 Å². The first-order chi connectivity index (χ1) is 17.8. The summed E-state index contributed by atoms with van der Waals surface area (Å²) < 4.78 is 31.3. The first kappa shape index (κ1) is 27.4. The summed E-state index contributed by atoms with van der Waals surface area (Å²) in [5.74, 6) is -0.819. The average Bonchev–Trinajstić information content (AvgIpc) is 3.20. The minimum Gasteiger partial charge on any atom is -0.506 e. The summed E-state index contributed by atoms with van der Waals surface area (Å²) in [6.07, 6.45) is -1.09. The maximum absolute atomic E-state index is 13.5. The second-order valence-electron chi connectivity index (χ2n) is 8.35. The van der Waals surface area contributed by atoms with E-state index in [2.05, 4.69) is 20.8 Å². The highest BCUT2D eigenvalue weighted by atomic mass is 79.9. The molecule has 0 unspecified atom stereocenters. The van der Waals surface area contributed by atoms with Gasteiger partial charge in [-0.05, 0) is 60.1 Å². The number of esters is 1. The lowest BCUT2D eigenvalue weighted by Crippen LogP contribution is -2.35. The van der Waals surface area contributed by atoms with E-state index in [0.717, 1.165) is 10.4 Å². The molecule has 11 heteroatoms. The van der Waals surface area contributed by atoms with Crippen LogP contribution >= 0.6 is 27.7 Å². The maximum Gasteiger partial charge on any atom is 0.516 e. The zero-order valence-electron chi connectivity index (χ0n) is 20.6. The Hall–Kier alpha value is -2.60. The predicted octanol–water partition coefficient (Wildman–Crippen LogP) is 5.71. The lowest BCUT2D eigenvalue weighted by Gasteiger charge is -2.27. The van der Waals surface area contributed by atoms with Crippen molar-refractivity contribution in [1.29, 1.82) is 0 Å². The van der Waals surface area contributed by atoms with Crippen LogP contribution < -0.4 is 0 Å². The third kappa shape index (κ3) is 6.11. The molecule has 0 amide bonds. The number of fused-ring (bicyclic) bond motifs is 1. The van der Waals surface area contributed by atoms with Gasteiger partial charge in [0.1, 0.15) is 11.6 Å². The quantitative estimate of drug-likeness (QED) is 0.201. The van der Waals surface area contributed by atoms with Crippen molar-refractivity contribution in [3.8, 4) is 5.75 Å². The van der Waals surface area contributed by atoms with Crippen LogP contribution in [0.4, 0.5) is 9.18 Å². The van der Waals surface area contributed by atoms with Crippen LogP contribution in [0.25, 0.3) is 10.9 Å². The SMILES string of the molecule is CCOC(=O)OC(=O)c1c(CSc2ccc(F)cc2)n(CC)c2cc(Br)c(O)c(CN3CCOCC3)c12. The third-order valence-corrected chi connectivity index (χ3v) is 7.75. The molecule has 37 heavy (non-hydrogen) atoms. The van der Waals surface area contributed by atoms with Crippen molar-refractivity contribution in [2.24, 2.45) is 0 Å². The van der Waals surface area contributed by atoms with Gasteiger partial charge in [-0.25, -0.2) is 14.0 Å². The molecule has 0 atom stereocenters. The van der Waals surface area contributed by atoms with E-state index >= 15 is 0 Å². The van der Waals surface area contributed by atoms with Crippen LogP contribution in [0.2, 0.25) is 0 Å². The van der Waals surface area contributed by atoms with E-state index in [1.807, 2.05) is 11.5 Å². The molecule has 4 rings (SSSR count). The number of carbonyl (C=O) groups is 2. The highest BCUT2D eigenvalue weighted by Crippen LogP contribution is 2.41. The molecular formula is C26H28BrFN2O6S. The monoisotopic (exact) mass is 594 g/mol. The normalized spacial score (nSPS) is 14.2. The number of benzene rings is 2. The summed E-state index contributed by atoms with van der Waals surface area (Å²) in [6.45, 7) is 7.04. The van der Waals surface area contributed by atoms with Gasteiger partial charge in [0.2, 0.25) is 0 Å². The fraction of sp³-hybridized carbons (Fsp3) is 0.385. The Morgan fingerprint density at radius 3 is 2.54 bits per heavy atom. The van der Waals surface area contributed by atoms with Crippen LogP contribution in [0.15, 0.2) is 39.7 Å². The van der Waals surface area contributed by atoms with Gasteiger partial charge in [-0.2, -0.15) is 0 Å². The molecule has 1 aliphatic rings. The highest BCUT2D eigenvalue weighted by Gasteiger charge is 2.30. The number of aromatic hydroxyl groups is 1. The maximum atomic E-state index is 13.5. The van der Waals surface area contributed by atoms with E-state index in [1.54, 1.807) is 25.1 Å². The molecule has 1 saturated heterocycles. The van der Waals surface area contributed by atoms with Gasteiger partial charge in [-0.3, -0.25) is 4.90 Å². The number of morpholine rings is 1. The second kappa shape index (κ2) is 12.3. The number of rotatable bonds is 8. The van der Waals surface area contributed by atoms with Gasteiger partial charge < -0.3 is 23.9 Å². The largest absolute Gasteiger partial charge is 0.516 e. The van der Waals surface area contributed by atoms with Gasteiger partial charge in [0.15, 0.2) is 0 Å². The lowest BCUT2D eigenvalue weighted by atomic mass is 10.0. The molecule has 1 N–H and O–H groups in total. The molecule has 0 saturated carbocycles. The Kier molecular flexibility index (Phi) is 9.12. The lowest BCUT2D eigenvalue weighted by molar-refractivity contribution is 0.0339. The average molecular weight is 595 g/mol. The van der Waals surface area contributed by atoms with Crippen molar-refractivity contribution in [1.82, 2.24) is 9.47 Å². The molecule has 0 aliphatic carbocycles. The first-order valence-corrected chi connectivity index (χ1v) is 13.7. The predicted molar refractivity (Wildman–Crippen MR) is 141 cm³/mol. The Morgan fingerprint density at radius 1 is 1.19 bits per heavy atom. The summed E-state index contributed by atoms with van der Waals surface area (Å²) in [7, 11) is 0. The van der Waals surface area contributed by atoms with Gasteiger partial charge in [-0.1, -0.05) is 0 Å². The topological polar surface area (TPSA) is 90.2 Å². The van der Waals surface area contributed by atoms with Gasteiger partial charge >= 0.3 is 12.1 Å². The molecule has 1 aromatic heterocycles.